The summed E-state index contributed by atoms with van der Waals surface area (Å²) in [6, 6.07) is 0. The standard InChI is InChI=1S/C25H42O7S/c1-14(5-8-22(28)29)17-6-7-18-23-19(13-21(27)25(17,18)3)24(2)10-9-16(32-33(4,30)31)11-15(24)12-20(23)26/h14-21,23,26-27H,5-13H2,1-4H3,(H,28,29)/t14?,15-,16+,17?,18-,19-,20+,21-,23-,24-,25+/m0/s1. The molecule has 4 fully saturated rings. The normalized spacial score (nSPS) is 48.4. The highest BCUT2D eigenvalue weighted by Crippen LogP contribution is 2.68. The van der Waals surface area contributed by atoms with Gasteiger partial charge in [-0.15, -0.1) is 0 Å². The molecule has 0 aromatic carbocycles. The molecule has 3 N–H and O–H groups in total. The van der Waals surface area contributed by atoms with Crippen molar-refractivity contribution in [2.45, 2.75) is 96.9 Å². The van der Waals surface area contributed by atoms with Gasteiger partial charge in [0.05, 0.1) is 24.6 Å². The maximum atomic E-state index is 11.7. The van der Waals surface area contributed by atoms with Crippen LogP contribution in [0.3, 0.4) is 0 Å². The van der Waals surface area contributed by atoms with Crippen molar-refractivity contribution < 1.29 is 32.7 Å². The van der Waals surface area contributed by atoms with E-state index in [1.807, 2.05) is 0 Å². The summed E-state index contributed by atoms with van der Waals surface area (Å²) in [5.74, 6) is 0.432. The minimum Gasteiger partial charge on any atom is -0.481 e. The number of fused-ring (bicyclic) bond motifs is 5. The Balaban J connectivity index is 1.56. The largest absolute Gasteiger partial charge is 0.481 e. The maximum Gasteiger partial charge on any atom is 0.303 e. The van der Waals surface area contributed by atoms with Crippen molar-refractivity contribution in [2.75, 3.05) is 6.26 Å². The average molecular weight is 487 g/mol. The zero-order chi connectivity index (χ0) is 24.3. The molecule has 4 saturated carbocycles. The molecular weight excluding hydrogens is 444 g/mol. The van der Waals surface area contributed by atoms with Crippen LogP contribution in [0.1, 0.15) is 78.6 Å². The third-order valence-corrected chi connectivity index (χ3v) is 11.2. The number of aliphatic carboxylic acids is 1. The molecular formula is C25H42O7S. The van der Waals surface area contributed by atoms with Crippen molar-refractivity contribution in [3.63, 3.8) is 0 Å². The number of aliphatic hydroxyl groups excluding tert-OH is 2. The molecule has 0 radical (unpaired) electrons. The lowest BCUT2D eigenvalue weighted by atomic mass is 9.43. The van der Waals surface area contributed by atoms with Gasteiger partial charge < -0.3 is 15.3 Å². The van der Waals surface area contributed by atoms with Crippen LogP contribution in [0.2, 0.25) is 0 Å². The second-order valence-corrected chi connectivity index (χ2v) is 13.8. The van der Waals surface area contributed by atoms with E-state index in [-0.39, 0.29) is 58.9 Å². The van der Waals surface area contributed by atoms with E-state index in [9.17, 15) is 23.4 Å². The zero-order valence-electron chi connectivity index (χ0n) is 20.4. The minimum atomic E-state index is -3.51. The molecule has 0 aliphatic heterocycles. The summed E-state index contributed by atoms with van der Waals surface area (Å²) in [6.07, 6.45) is 6.02. The lowest BCUT2D eigenvalue weighted by Gasteiger charge is -2.63. The number of hydrogen-bond acceptors (Lipinski definition) is 6. The number of rotatable bonds is 6. The predicted molar refractivity (Wildman–Crippen MR) is 124 cm³/mol. The fourth-order valence-electron chi connectivity index (χ4n) is 9.00. The van der Waals surface area contributed by atoms with Crippen LogP contribution in [0.15, 0.2) is 0 Å². The van der Waals surface area contributed by atoms with Gasteiger partial charge in [0.15, 0.2) is 0 Å². The van der Waals surface area contributed by atoms with Gasteiger partial charge in [0.2, 0.25) is 0 Å². The molecule has 11 atom stereocenters. The van der Waals surface area contributed by atoms with Crippen LogP contribution in [-0.4, -0.2) is 54.3 Å². The molecule has 2 unspecified atom stereocenters. The van der Waals surface area contributed by atoms with Crippen molar-refractivity contribution >= 4 is 16.1 Å². The van der Waals surface area contributed by atoms with Gasteiger partial charge in [0.25, 0.3) is 10.1 Å². The molecule has 190 valence electrons. The number of hydrogen-bond donors (Lipinski definition) is 3. The van der Waals surface area contributed by atoms with Crippen molar-refractivity contribution in [1.29, 1.82) is 0 Å². The van der Waals surface area contributed by atoms with Crippen LogP contribution in [0.25, 0.3) is 0 Å². The van der Waals surface area contributed by atoms with Gasteiger partial charge in [-0.3, -0.25) is 8.98 Å². The van der Waals surface area contributed by atoms with E-state index in [4.69, 9.17) is 9.29 Å². The van der Waals surface area contributed by atoms with Gasteiger partial charge in [-0.25, -0.2) is 0 Å². The Bertz CT molecular complexity index is 859. The third kappa shape index (κ3) is 4.38. The summed E-state index contributed by atoms with van der Waals surface area (Å²) < 4.78 is 28.7. The molecule has 4 rings (SSSR count). The SMILES string of the molecule is CC(CCC(=O)O)C1CC[C@H]2[C@@H]3[C@H](O)C[C@@H]4C[C@H](OS(C)(=O)=O)CC[C@]4(C)[C@H]3C[C@H](O)[C@]12C. The Morgan fingerprint density at radius 3 is 2.42 bits per heavy atom. The highest BCUT2D eigenvalue weighted by atomic mass is 32.2. The highest BCUT2D eigenvalue weighted by Gasteiger charge is 2.65. The number of aliphatic hydroxyl groups is 2. The van der Waals surface area contributed by atoms with E-state index >= 15 is 0 Å². The number of carboxylic acid groups (broad SMARTS) is 1. The maximum absolute atomic E-state index is 11.7. The summed E-state index contributed by atoms with van der Waals surface area (Å²) >= 11 is 0. The van der Waals surface area contributed by atoms with Crippen LogP contribution < -0.4 is 0 Å². The molecule has 0 heterocycles. The van der Waals surface area contributed by atoms with E-state index in [1.54, 1.807) is 0 Å². The molecule has 4 aliphatic rings. The Kier molecular flexibility index (Phi) is 6.74. The molecule has 0 aromatic heterocycles. The molecule has 0 aromatic rings. The molecule has 7 nitrogen and oxygen atoms in total. The Hall–Kier alpha value is -0.700. The summed E-state index contributed by atoms with van der Waals surface area (Å²) in [5.41, 5.74) is -0.351. The summed E-state index contributed by atoms with van der Waals surface area (Å²) in [7, 11) is -3.51. The molecule has 33 heavy (non-hydrogen) atoms. The highest BCUT2D eigenvalue weighted by molar-refractivity contribution is 7.86. The topological polar surface area (TPSA) is 121 Å². The van der Waals surface area contributed by atoms with Crippen LogP contribution in [0, 0.1) is 46.3 Å². The van der Waals surface area contributed by atoms with Crippen molar-refractivity contribution in [3.05, 3.63) is 0 Å². The fourth-order valence-corrected chi connectivity index (χ4v) is 9.67. The van der Waals surface area contributed by atoms with Crippen LogP contribution in [0.5, 0.6) is 0 Å². The van der Waals surface area contributed by atoms with Gasteiger partial charge in [0, 0.05) is 6.42 Å². The van der Waals surface area contributed by atoms with Crippen molar-refractivity contribution in [2.24, 2.45) is 46.3 Å². The second-order valence-electron chi connectivity index (χ2n) is 12.2. The molecule has 8 heteroatoms. The lowest BCUT2D eigenvalue weighted by Crippen LogP contribution is -2.62. The number of carbonyl (C=O) groups is 1. The van der Waals surface area contributed by atoms with E-state index in [0.717, 1.165) is 25.5 Å². The lowest BCUT2D eigenvalue weighted by molar-refractivity contribution is -0.206. The number of carboxylic acids is 1. The molecule has 0 amide bonds. The van der Waals surface area contributed by atoms with Gasteiger partial charge in [-0.05, 0) is 97.7 Å². The smallest absolute Gasteiger partial charge is 0.303 e. The molecule has 0 bridgehead atoms. The second kappa shape index (κ2) is 8.75. The van der Waals surface area contributed by atoms with E-state index < -0.39 is 28.3 Å². The first-order chi connectivity index (χ1) is 15.3. The first kappa shape index (κ1) is 25.4. The quantitative estimate of drug-likeness (QED) is 0.492. The fraction of sp³-hybridized carbons (Fsp3) is 0.960. The van der Waals surface area contributed by atoms with Gasteiger partial charge in [0.1, 0.15) is 0 Å². The first-order valence-electron chi connectivity index (χ1n) is 12.7. The van der Waals surface area contributed by atoms with E-state index in [0.29, 0.717) is 32.1 Å². The molecule has 4 aliphatic carbocycles. The predicted octanol–water partition coefficient (Wildman–Crippen LogP) is 3.43. The monoisotopic (exact) mass is 486 g/mol. The van der Waals surface area contributed by atoms with Gasteiger partial charge in [-0.1, -0.05) is 20.8 Å². The Labute approximate surface area is 198 Å². The Morgan fingerprint density at radius 2 is 1.79 bits per heavy atom. The van der Waals surface area contributed by atoms with Crippen LogP contribution >= 0.6 is 0 Å². The van der Waals surface area contributed by atoms with Crippen LogP contribution in [0.4, 0.5) is 0 Å². The van der Waals surface area contributed by atoms with Crippen molar-refractivity contribution in [1.82, 2.24) is 0 Å². The van der Waals surface area contributed by atoms with Crippen LogP contribution in [-0.2, 0) is 19.1 Å². The van der Waals surface area contributed by atoms with Gasteiger partial charge >= 0.3 is 5.97 Å². The zero-order valence-corrected chi connectivity index (χ0v) is 21.3. The first-order valence-corrected chi connectivity index (χ1v) is 14.5. The summed E-state index contributed by atoms with van der Waals surface area (Å²) in [4.78, 5) is 11.1. The third-order valence-electron chi connectivity index (χ3n) is 10.6. The van der Waals surface area contributed by atoms with E-state index in [2.05, 4.69) is 20.8 Å². The average Bonchev–Trinajstić information content (AvgIpc) is 3.05. The molecule has 0 spiro atoms. The summed E-state index contributed by atoms with van der Waals surface area (Å²) in [5, 5.41) is 32.1. The van der Waals surface area contributed by atoms with E-state index in [1.165, 1.54) is 0 Å². The summed E-state index contributed by atoms with van der Waals surface area (Å²) in [6.45, 7) is 6.60. The van der Waals surface area contributed by atoms with Crippen molar-refractivity contribution in [3.8, 4) is 0 Å². The molecule has 0 saturated heterocycles. The Morgan fingerprint density at radius 1 is 1.09 bits per heavy atom. The van der Waals surface area contributed by atoms with Gasteiger partial charge in [-0.2, -0.15) is 8.42 Å². The minimum absolute atomic E-state index is 0.0451.